The van der Waals surface area contributed by atoms with Crippen LogP contribution in [0, 0.1) is 5.92 Å². The van der Waals surface area contributed by atoms with Crippen LogP contribution in [0.4, 0.5) is 10.5 Å². The zero-order chi connectivity index (χ0) is 23.4. The van der Waals surface area contributed by atoms with Crippen LogP contribution in [0.15, 0.2) is 16.7 Å². The summed E-state index contributed by atoms with van der Waals surface area (Å²) in [6, 6.07) is 4.44. The average molecular weight is 458 g/mol. The molecular formula is C26H39N3O4. The van der Waals surface area contributed by atoms with E-state index >= 15 is 0 Å². The van der Waals surface area contributed by atoms with E-state index < -0.39 is 5.60 Å². The van der Waals surface area contributed by atoms with E-state index in [9.17, 15) is 4.79 Å². The number of anilines is 1. The highest BCUT2D eigenvalue weighted by atomic mass is 16.6. The minimum absolute atomic E-state index is 0.192. The Balaban J connectivity index is 1.39. The summed E-state index contributed by atoms with van der Waals surface area (Å²) in [4.78, 5) is 16.6. The number of hydrogen-bond donors (Lipinski definition) is 0. The molecule has 2 saturated heterocycles. The number of hydrogen-bond acceptors (Lipinski definition) is 6. The van der Waals surface area contributed by atoms with Gasteiger partial charge in [-0.2, -0.15) is 0 Å². The molecule has 0 bridgehead atoms. The highest BCUT2D eigenvalue weighted by Crippen LogP contribution is 2.34. The summed E-state index contributed by atoms with van der Waals surface area (Å²) in [7, 11) is 0. The number of ether oxygens (including phenoxy) is 2. The third-order valence-corrected chi connectivity index (χ3v) is 6.70. The summed E-state index contributed by atoms with van der Waals surface area (Å²) in [6.07, 6.45) is 5.87. The first-order valence-corrected chi connectivity index (χ1v) is 12.6. The minimum atomic E-state index is -0.444. The maximum absolute atomic E-state index is 12.3. The van der Waals surface area contributed by atoms with Crippen LogP contribution in [-0.4, -0.2) is 61.1 Å². The Labute approximate surface area is 197 Å². The summed E-state index contributed by atoms with van der Waals surface area (Å²) in [5, 5.41) is 5.64. The van der Waals surface area contributed by atoms with Gasteiger partial charge in [0.05, 0.1) is 18.9 Å². The summed E-state index contributed by atoms with van der Waals surface area (Å²) >= 11 is 0. The van der Waals surface area contributed by atoms with Crippen LogP contribution in [0.5, 0.6) is 0 Å². The van der Waals surface area contributed by atoms with Crippen molar-refractivity contribution in [3.8, 4) is 0 Å². The number of likely N-dealkylation sites (tertiary alicyclic amines) is 1. The van der Waals surface area contributed by atoms with E-state index in [1.165, 1.54) is 11.3 Å². The van der Waals surface area contributed by atoms with Gasteiger partial charge in [0.25, 0.3) is 0 Å². The quantitative estimate of drug-likeness (QED) is 0.594. The van der Waals surface area contributed by atoms with E-state index in [1.807, 2.05) is 25.7 Å². The van der Waals surface area contributed by atoms with Crippen molar-refractivity contribution in [2.75, 3.05) is 44.3 Å². The second kappa shape index (κ2) is 10.3. The third kappa shape index (κ3) is 5.81. The molecule has 0 unspecified atom stereocenters. The van der Waals surface area contributed by atoms with E-state index in [0.29, 0.717) is 5.92 Å². The molecule has 1 aromatic heterocycles. The Morgan fingerprint density at radius 3 is 2.52 bits per heavy atom. The maximum Gasteiger partial charge on any atom is 0.410 e. The van der Waals surface area contributed by atoms with Gasteiger partial charge < -0.3 is 23.8 Å². The number of benzene rings is 1. The fraction of sp³-hybridized carbons (Fsp3) is 0.692. The van der Waals surface area contributed by atoms with Crippen LogP contribution in [0.2, 0.25) is 0 Å². The lowest BCUT2D eigenvalue weighted by Gasteiger charge is -2.33. The second-order valence-electron chi connectivity index (χ2n) is 10.4. The first-order valence-electron chi connectivity index (χ1n) is 12.6. The van der Waals surface area contributed by atoms with Crippen LogP contribution in [0.3, 0.4) is 0 Å². The second-order valence-corrected chi connectivity index (χ2v) is 10.4. The molecule has 0 radical (unpaired) electrons. The molecule has 0 atom stereocenters. The minimum Gasteiger partial charge on any atom is -0.444 e. The van der Waals surface area contributed by atoms with Crippen molar-refractivity contribution in [1.29, 1.82) is 0 Å². The van der Waals surface area contributed by atoms with E-state index in [4.69, 9.17) is 14.0 Å². The summed E-state index contributed by atoms with van der Waals surface area (Å²) in [5.41, 5.74) is 4.12. The molecule has 2 fully saturated rings. The lowest BCUT2D eigenvalue weighted by atomic mass is 9.91. The molecule has 2 aromatic rings. The van der Waals surface area contributed by atoms with E-state index in [-0.39, 0.29) is 6.09 Å². The summed E-state index contributed by atoms with van der Waals surface area (Å²) in [5.74, 6) is 0.596. The smallest absolute Gasteiger partial charge is 0.410 e. The zero-order valence-corrected chi connectivity index (χ0v) is 20.7. The number of rotatable bonds is 6. The number of aromatic nitrogens is 1. The van der Waals surface area contributed by atoms with Gasteiger partial charge in [0.1, 0.15) is 5.60 Å². The molecule has 1 aromatic carbocycles. The van der Waals surface area contributed by atoms with Gasteiger partial charge in [0.2, 0.25) is 0 Å². The molecule has 2 aliphatic heterocycles. The number of amides is 1. The average Bonchev–Trinajstić information content (AvgIpc) is 3.21. The van der Waals surface area contributed by atoms with Crippen molar-refractivity contribution in [2.24, 2.45) is 5.92 Å². The predicted octanol–water partition coefficient (Wildman–Crippen LogP) is 5.20. The van der Waals surface area contributed by atoms with Gasteiger partial charge in [-0.25, -0.2) is 4.79 Å². The molecule has 7 heteroatoms. The Bertz CT molecular complexity index is 935. The molecule has 0 aliphatic carbocycles. The van der Waals surface area contributed by atoms with Crippen molar-refractivity contribution in [3.05, 3.63) is 23.4 Å². The predicted molar refractivity (Wildman–Crippen MR) is 130 cm³/mol. The Morgan fingerprint density at radius 1 is 1.12 bits per heavy atom. The van der Waals surface area contributed by atoms with Crippen molar-refractivity contribution in [3.63, 3.8) is 0 Å². The lowest BCUT2D eigenvalue weighted by molar-refractivity contribution is 0.0181. The topological polar surface area (TPSA) is 68.0 Å². The fourth-order valence-corrected chi connectivity index (χ4v) is 4.94. The molecule has 33 heavy (non-hydrogen) atoms. The monoisotopic (exact) mass is 457 g/mol. The Hall–Kier alpha value is -2.28. The Kier molecular flexibility index (Phi) is 7.47. The maximum atomic E-state index is 12.3. The summed E-state index contributed by atoms with van der Waals surface area (Å²) < 4.78 is 17.0. The van der Waals surface area contributed by atoms with E-state index in [0.717, 1.165) is 94.6 Å². The van der Waals surface area contributed by atoms with Crippen LogP contribution in [0.1, 0.15) is 64.6 Å². The van der Waals surface area contributed by atoms with Gasteiger partial charge in [-0.3, -0.25) is 0 Å². The molecule has 0 spiro atoms. The highest BCUT2D eigenvalue weighted by molar-refractivity contribution is 5.87. The first kappa shape index (κ1) is 23.9. The Morgan fingerprint density at radius 2 is 1.85 bits per heavy atom. The van der Waals surface area contributed by atoms with Crippen molar-refractivity contribution < 1.29 is 18.8 Å². The number of carbonyl (C=O) groups excluding carboxylic acids is 1. The zero-order valence-electron chi connectivity index (χ0n) is 20.7. The van der Waals surface area contributed by atoms with Crippen molar-refractivity contribution in [2.45, 2.75) is 71.8 Å². The molecular weight excluding hydrogens is 418 g/mol. The number of piperidine rings is 1. The van der Waals surface area contributed by atoms with Crippen LogP contribution >= 0.6 is 0 Å². The van der Waals surface area contributed by atoms with Gasteiger partial charge >= 0.3 is 6.09 Å². The van der Waals surface area contributed by atoms with Crippen LogP contribution < -0.4 is 4.90 Å². The largest absolute Gasteiger partial charge is 0.444 e. The molecule has 4 rings (SSSR count). The van der Waals surface area contributed by atoms with Crippen LogP contribution in [0.25, 0.3) is 11.0 Å². The van der Waals surface area contributed by atoms with E-state index in [1.54, 1.807) is 0 Å². The van der Waals surface area contributed by atoms with Gasteiger partial charge in [0, 0.05) is 42.8 Å². The fourth-order valence-electron chi connectivity index (χ4n) is 4.94. The van der Waals surface area contributed by atoms with Crippen LogP contribution in [-0.2, 0) is 22.3 Å². The normalized spacial score (nSPS) is 18.2. The van der Waals surface area contributed by atoms with Gasteiger partial charge in [-0.05, 0) is 70.9 Å². The SMILES string of the molecule is CCCc1c(N2CCOCC2)ccc2c(CCC3CCN(C(=O)OC(C)(C)C)CC3)noc12. The summed E-state index contributed by atoms with van der Waals surface area (Å²) in [6.45, 7) is 12.9. The molecule has 7 nitrogen and oxygen atoms in total. The third-order valence-electron chi connectivity index (χ3n) is 6.70. The van der Waals surface area contributed by atoms with Gasteiger partial charge in [-0.15, -0.1) is 0 Å². The molecule has 2 aliphatic rings. The molecule has 3 heterocycles. The van der Waals surface area contributed by atoms with Crippen molar-refractivity contribution in [1.82, 2.24) is 10.1 Å². The number of aryl methyl sites for hydroxylation is 2. The lowest BCUT2D eigenvalue weighted by Crippen LogP contribution is -2.41. The first-order chi connectivity index (χ1) is 15.9. The number of nitrogens with zero attached hydrogens (tertiary/aromatic N) is 3. The molecule has 182 valence electrons. The van der Waals surface area contributed by atoms with Gasteiger partial charge in [-0.1, -0.05) is 18.5 Å². The van der Waals surface area contributed by atoms with Crippen molar-refractivity contribution >= 4 is 22.7 Å². The van der Waals surface area contributed by atoms with E-state index in [2.05, 4.69) is 29.1 Å². The number of morpholine rings is 1. The standard InChI is InChI=1S/C26H39N3O4/c1-5-6-21-23(28-15-17-31-18-16-28)10-8-20-22(27-33-24(20)21)9-7-19-11-13-29(14-12-19)25(30)32-26(2,3)4/h8,10,19H,5-7,9,11-18H2,1-4H3. The number of carbonyl (C=O) groups is 1. The highest BCUT2D eigenvalue weighted by Gasteiger charge is 2.27. The molecule has 0 N–H and O–H groups in total. The molecule has 0 saturated carbocycles. The molecule has 1 amide bonds. The van der Waals surface area contributed by atoms with Gasteiger partial charge in [0.15, 0.2) is 5.58 Å². The number of fused-ring (bicyclic) bond motifs is 1.